The number of hydrogen-bond acceptors (Lipinski definition) is 5. The molecule has 2 rings (SSSR count). The summed E-state index contributed by atoms with van der Waals surface area (Å²) in [6.07, 6.45) is 1.64. The molecule has 0 atom stereocenters. The van der Waals surface area contributed by atoms with Crippen molar-refractivity contribution in [2.75, 3.05) is 17.2 Å². The maximum atomic E-state index is 13.1. The molecule has 0 unspecified atom stereocenters. The predicted molar refractivity (Wildman–Crippen MR) is 93.7 cm³/mol. The van der Waals surface area contributed by atoms with E-state index in [1.165, 1.54) is 40.9 Å². The van der Waals surface area contributed by atoms with Crippen LogP contribution in [0.3, 0.4) is 0 Å². The molecule has 0 aliphatic heterocycles. The summed E-state index contributed by atoms with van der Waals surface area (Å²) >= 11 is 1.26. The van der Waals surface area contributed by atoms with Crippen molar-refractivity contribution in [3.8, 4) is 0 Å². The summed E-state index contributed by atoms with van der Waals surface area (Å²) in [6.45, 7) is 4.12. The van der Waals surface area contributed by atoms with Crippen LogP contribution in [0, 0.1) is 5.82 Å². The quantitative estimate of drug-likeness (QED) is 0.722. The zero-order valence-electron chi connectivity index (χ0n) is 14.1. The van der Waals surface area contributed by atoms with Crippen LogP contribution in [0.25, 0.3) is 0 Å². The van der Waals surface area contributed by atoms with Gasteiger partial charge >= 0.3 is 0 Å². The van der Waals surface area contributed by atoms with E-state index in [4.69, 9.17) is 5.73 Å². The summed E-state index contributed by atoms with van der Waals surface area (Å²) in [5.41, 5.74) is 5.70. The van der Waals surface area contributed by atoms with E-state index in [-0.39, 0.29) is 30.7 Å². The van der Waals surface area contributed by atoms with Gasteiger partial charge in [0, 0.05) is 24.7 Å². The van der Waals surface area contributed by atoms with Gasteiger partial charge in [0.25, 0.3) is 0 Å². The second kappa shape index (κ2) is 8.61. The molecule has 2 aromatic rings. The molecule has 134 valence electrons. The molecule has 0 aliphatic carbocycles. The molecule has 0 bridgehead atoms. The summed E-state index contributed by atoms with van der Waals surface area (Å²) in [5, 5.41) is 8.50. The van der Waals surface area contributed by atoms with E-state index >= 15 is 0 Å². The maximum absolute atomic E-state index is 13.1. The number of nitrogens with zero attached hydrogens (tertiary/aromatic N) is 4. The number of rotatable bonds is 8. The highest BCUT2D eigenvalue weighted by Crippen LogP contribution is 2.21. The van der Waals surface area contributed by atoms with Crippen LogP contribution in [-0.4, -0.2) is 38.9 Å². The van der Waals surface area contributed by atoms with E-state index < -0.39 is 11.7 Å². The smallest absolute Gasteiger partial charge is 0.237 e. The predicted octanol–water partition coefficient (Wildman–Crippen LogP) is 2.00. The summed E-state index contributed by atoms with van der Waals surface area (Å²) < 4.78 is 15.0. The van der Waals surface area contributed by atoms with Crippen LogP contribution >= 0.6 is 11.8 Å². The fraction of sp³-hybridized carbons (Fsp3) is 0.375. The van der Waals surface area contributed by atoms with E-state index in [9.17, 15) is 14.0 Å². The molecule has 2 N–H and O–H groups in total. The van der Waals surface area contributed by atoms with Gasteiger partial charge in [0.1, 0.15) is 12.1 Å². The van der Waals surface area contributed by atoms with Gasteiger partial charge in [-0.25, -0.2) is 4.39 Å². The fourth-order valence-electron chi connectivity index (χ4n) is 2.13. The minimum absolute atomic E-state index is 0.0238. The minimum Gasteiger partial charge on any atom is -0.370 e. The van der Waals surface area contributed by atoms with Crippen LogP contribution in [0.2, 0.25) is 0 Å². The maximum Gasteiger partial charge on any atom is 0.237 e. The zero-order chi connectivity index (χ0) is 18.4. The van der Waals surface area contributed by atoms with Crippen molar-refractivity contribution < 1.29 is 14.0 Å². The average Bonchev–Trinajstić information content (AvgIpc) is 3.03. The number of aromatic nitrogens is 3. The second-order valence-electron chi connectivity index (χ2n) is 5.64. The third-order valence-electron chi connectivity index (χ3n) is 3.44. The first-order valence-electron chi connectivity index (χ1n) is 7.75. The first-order valence-corrected chi connectivity index (χ1v) is 8.73. The van der Waals surface area contributed by atoms with E-state index in [1.54, 1.807) is 6.33 Å². The van der Waals surface area contributed by atoms with E-state index in [0.29, 0.717) is 10.8 Å². The van der Waals surface area contributed by atoms with Gasteiger partial charge in [-0.15, -0.1) is 10.2 Å². The van der Waals surface area contributed by atoms with Crippen molar-refractivity contribution in [2.24, 2.45) is 5.73 Å². The van der Waals surface area contributed by atoms with E-state index in [1.807, 2.05) is 18.4 Å². The molecule has 0 spiro atoms. The van der Waals surface area contributed by atoms with E-state index in [2.05, 4.69) is 10.2 Å². The van der Waals surface area contributed by atoms with Gasteiger partial charge in [-0.2, -0.15) is 0 Å². The number of carbonyl (C=O) groups excluding carboxylic acids is 2. The minimum atomic E-state index is -0.507. The largest absolute Gasteiger partial charge is 0.370 e. The molecule has 0 radical (unpaired) electrons. The summed E-state index contributed by atoms with van der Waals surface area (Å²) in [5.74, 6) is -1.02. The van der Waals surface area contributed by atoms with Crippen LogP contribution in [0.15, 0.2) is 35.7 Å². The Balaban J connectivity index is 2.10. The molecule has 0 aliphatic rings. The number of nitrogens with two attached hydrogens (primary N) is 1. The molecule has 1 heterocycles. The Labute approximate surface area is 149 Å². The first-order chi connectivity index (χ1) is 11.9. The van der Waals surface area contributed by atoms with Gasteiger partial charge in [-0.1, -0.05) is 11.8 Å². The molecule has 9 heteroatoms. The van der Waals surface area contributed by atoms with Crippen LogP contribution in [0.4, 0.5) is 10.1 Å². The monoisotopic (exact) mass is 365 g/mol. The van der Waals surface area contributed by atoms with Gasteiger partial charge in [0.15, 0.2) is 5.16 Å². The number of benzene rings is 1. The van der Waals surface area contributed by atoms with Crippen LogP contribution in [0.1, 0.15) is 26.3 Å². The molecular weight excluding hydrogens is 345 g/mol. The Morgan fingerprint density at radius 3 is 2.60 bits per heavy atom. The van der Waals surface area contributed by atoms with Crippen molar-refractivity contribution in [1.82, 2.24) is 14.8 Å². The lowest BCUT2D eigenvalue weighted by Gasteiger charge is -2.22. The molecule has 0 fully saturated rings. The molecule has 25 heavy (non-hydrogen) atoms. The van der Waals surface area contributed by atoms with Gasteiger partial charge < -0.3 is 15.2 Å². The normalized spacial score (nSPS) is 10.9. The standard InChI is InChI=1S/C16H20FN5O2S/c1-11(2)22-10-19-20-16(22)25-9-15(24)21(8-7-14(18)23)13-5-3-12(17)4-6-13/h3-6,10-11H,7-9H2,1-2H3,(H2,18,23). The number of amides is 2. The number of anilines is 1. The molecule has 1 aromatic heterocycles. The highest BCUT2D eigenvalue weighted by molar-refractivity contribution is 7.99. The molecular formula is C16H20FN5O2S. The van der Waals surface area contributed by atoms with Crippen LogP contribution in [0.5, 0.6) is 0 Å². The first kappa shape index (κ1) is 18.9. The lowest BCUT2D eigenvalue weighted by Crippen LogP contribution is -2.35. The van der Waals surface area contributed by atoms with Gasteiger partial charge in [-0.3, -0.25) is 9.59 Å². The lowest BCUT2D eigenvalue weighted by molar-refractivity contribution is -0.118. The van der Waals surface area contributed by atoms with Crippen molar-refractivity contribution in [3.63, 3.8) is 0 Å². The SMILES string of the molecule is CC(C)n1cnnc1SCC(=O)N(CCC(N)=O)c1ccc(F)cc1. The number of thioether (sulfide) groups is 1. The number of primary amides is 1. The summed E-state index contributed by atoms with van der Waals surface area (Å²) in [7, 11) is 0. The molecule has 7 nitrogen and oxygen atoms in total. The van der Waals surface area contributed by atoms with Gasteiger partial charge in [0.2, 0.25) is 11.8 Å². The Kier molecular flexibility index (Phi) is 6.51. The topological polar surface area (TPSA) is 94.1 Å². The highest BCUT2D eigenvalue weighted by Gasteiger charge is 2.18. The van der Waals surface area contributed by atoms with Crippen LogP contribution in [-0.2, 0) is 9.59 Å². The third-order valence-corrected chi connectivity index (χ3v) is 4.38. The lowest BCUT2D eigenvalue weighted by atomic mass is 10.2. The Hall–Kier alpha value is -2.42. The molecule has 0 saturated heterocycles. The molecule has 2 amide bonds. The third kappa shape index (κ3) is 5.28. The van der Waals surface area contributed by atoms with Crippen molar-refractivity contribution >= 4 is 29.3 Å². The highest BCUT2D eigenvalue weighted by atomic mass is 32.2. The van der Waals surface area contributed by atoms with Gasteiger partial charge in [0.05, 0.1) is 5.75 Å². The molecule has 0 saturated carbocycles. The molecule has 1 aromatic carbocycles. The number of carbonyl (C=O) groups is 2. The number of hydrogen-bond donors (Lipinski definition) is 1. The van der Waals surface area contributed by atoms with Crippen LogP contribution < -0.4 is 10.6 Å². The summed E-state index contributed by atoms with van der Waals surface area (Å²) in [6, 6.07) is 5.70. The zero-order valence-corrected chi connectivity index (χ0v) is 14.9. The van der Waals surface area contributed by atoms with Crippen molar-refractivity contribution in [2.45, 2.75) is 31.5 Å². The summed E-state index contributed by atoms with van der Waals surface area (Å²) in [4.78, 5) is 25.1. The Bertz CT molecular complexity index is 732. The van der Waals surface area contributed by atoms with Crippen molar-refractivity contribution in [1.29, 1.82) is 0 Å². The average molecular weight is 365 g/mol. The number of halogens is 1. The Morgan fingerprint density at radius 1 is 1.32 bits per heavy atom. The van der Waals surface area contributed by atoms with Gasteiger partial charge in [-0.05, 0) is 38.1 Å². The van der Waals surface area contributed by atoms with Crippen molar-refractivity contribution in [3.05, 3.63) is 36.4 Å². The fourth-order valence-corrected chi connectivity index (χ4v) is 3.05. The Morgan fingerprint density at radius 2 is 2.00 bits per heavy atom. The second-order valence-corrected chi connectivity index (χ2v) is 6.58. The van der Waals surface area contributed by atoms with E-state index in [0.717, 1.165) is 0 Å².